The number of rotatable bonds is 4. The average molecular weight is 569 g/mol. The van der Waals surface area contributed by atoms with Crippen molar-refractivity contribution in [1.29, 1.82) is 0 Å². The molecule has 3 nitrogen and oxygen atoms in total. The molecule has 9 aromatic rings. The van der Waals surface area contributed by atoms with Crippen LogP contribution in [0.25, 0.3) is 64.0 Å². The molecule has 9 rings (SSSR count). The van der Waals surface area contributed by atoms with Gasteiger partial charge in [-0.25, -0.2) is 0 Å². The fourth-order valence-corrected chi connectivity index (χ4v) is 7.55. The van der Waals surface area contributed by atoms with Gasteiger partial charge < -0.3 is 9.32 Å². The molecule has 3 heterocycles. The molecule has 3 aromatic heterocycles. The van der Waals surface area contributed by atoms with Crippen LogP contribution in [0.1, 0.15) is 0 Å². The molecular weight excluding hydrogens is 545 g/mol. The minimum Gasteiger partial charge on any atom is -0.456 e. The highest BCUT2D eigenvalue weighted by Crippen LogP contribution is 2.46. The summed E-state index contributed by atoms with van der Waals surface area (Å²) in [6.07, 6.45) is 4.00. The van der Waals surface area contributed by atoms with Crippen LogP contribution in [-0.4, -0.2) is 4.98 Å². The Hall–Kier alpha value is -5.45. The second kappa shape index (κ2) is 9.55. The van der Waals surface area contributed by atoms with Crippen LogP contribution in [-0.2, 0) is 0 Å². The average Bonchev–Trinajstić information content (AvgIpc) is 3.64. The van der Waals surface area contributed by atoms with Crippen molar-refractivity contribution in [2.75, 3.05) is 4.90 Å². The first-order valence-electron chi connectivity index (χ1n) is 14.4. The Morgan fingerprint density at radius 2 is 1.23 bits per heavy atom. The summed E-state index contributed by atoms with van der Waals surface area (Å²) in [4.78, 5) is 7.09. The van der Waals surface area contributed by atoms with E-state index < -0.39 is 0 Å². The summed E-state index contributed by atoms with van der Waals surface area (Å²) < 4.78 is 8.80. The molecular formula is C39H24N2OS. The molecule has 202 valence electrons. The highest BCUT2D eigenvalue weighted by Gasteiger charge is 2.21. The van der Waals surface area contributed by atoms with Crippen molar-refractivity contribution in [3.8, 4) is 11.1 Å². The monoisotopic (exact) mass is 568 g/mol. The van der Waals surface area contributed by atoms with E-state index in [1.165, 1.54) is 42.1 Å². The Labute approximate surface area is 251 Å². The highest BCUT2D eigenvalue weighted by molar-refractivity contribution is 7.26. The van der Waals surface area contributed by atoms with Gasteiger partial charge in [0.2, 0.25) is 0 Å². The number of para-hydroxylation sites is 1. The lowest BCUT2D eigenvalue weighted by Gasteiger charge is -2.26. The first-order valence-corrected chi connectivity index (χ1v) is 15.2. The molecule has 0 aliphatic carbocycles. The van der Waals surface area contributed by atoms with E-state index in [4.69, 9.17) is 9.40 Å². The summed E-state index contributed by atoms with van der Waals surface area (Å²) in [5, 5.41) is 7.21. The van der Waals surface area contributed by atoms with Gasteiger partial charge in [-0.1, -0.05) is 97.1 Å². The summed E-state index contributed by atoms with van der Waals surface area (Å²) in [6.45, 7) is 0. The van der Waals surface area contributed by atoms with Gasteiger partial charge in [0, 0.05) is 49.9 Å². The van der Waals surface area contributed by atoms with Crippen molar-refractivity contribution < 1.29 is 4.42 Å². The molecule has 0 spiro atoms. The SMILES string of the molecule is c1ccc(-c2ccc(N(c3ccc4c(c3)oc3ccccc34)c3cncc4sc5c6ccccc6ccc5c34)cc2)cc1. The number of hydrogen-bond donors (Lipinski definition) is 0. The normalized spacial score (nSPS) is 11.7. The zero-order valence-electron chi connectivity index (χ0n) is 23.1. The number of anilines is 3. The largest absolute Gasteiger partial charge is 0.456 e. The number of fused-ring (bicyclic) bond motifs is 8. The van der Waals surface area contributed by atoms with E-state index in [0.717, 1.165) is 39.0 Å². The lowest BCUT2D eigenvalue weighted by molar-refractivity contribution is 0.669. The predicted octanol–water partition coefficient (Wildman–Crippen LogP) is 11.6. The number of pyridine rings is 1. The van der Waals surface area contributed by atoms with Crippen LogP contribution in [0, 0.1) is 0 Å². The molecule has 0 aliphatic heterocycles. The zero-order chi connectivity index (χ0) is 28.3. The van der Waals surface area contributed by atoms with Crippen LogP contribution < -0.4 is 4.90 Å². The Morgan fingerprint density at radius 1 is 0.535 bits per heavy atom. The van der Waals surface area contributed by atoms with Crippen molar-refractivity contribution in [2.45, 2.75) is 0 Å². The molecule has 4 heteroatoms. The molecule has 6 aromatic carbocycles. The minimum absolute atomic E-state index is 0.867. The maximum atomic E-state index is 6.34. The molecule has 0 fully saturated rings. The van der Waals surface area contributed by atoms with Crippen LogP contribution in [0.15, 0.2) is 150 Å². The van der Waals surface area contributed by atoms with Crippen LogP contribution in [0.3, 0.4) is 0 Å². The van der Waals surface area contributed by atoms with E-state index in [2.05, 4.69) is 126 Å². The first kappa shape index (κ1) is 24.2. The summed E-state index contributed by atoms with van der Waals surface area (Å²) in [7, 11) is 0. The summed E-state index contributed by atoms with van der Waals surface area (Å²) >= 11 is 1.81. The number of benzene rings is 6. The van der Waals surface area contributed by atoms with Crippen molar-refractivity contribution in [1.82, 2.24) is 4.98 Å². The van der Waals surface area contributed by atoms with E-state index in [1.54, 1.807) is 0 Å². The van der Waals surface area contributed by atoms with E-state index in [1.807, 2.05) is 35.9 Å². The number of furan rings is 1. The van der Waals surface area contributed by atoms with Gasteiger partial charge in [-0.2, -0.15) is 0 Å². The fraction of sp³-hybridized carbons (Fsp3) is 0. The Morgan fingerprint density at radius 3 is 2.12 bits per heavy atom. The summed E-state index contributed by atoms with van der Waals surface area (Å²) in [5.74, 6) is 0. The predicted molar refractivity (Wildman–Crippen MR) is 182 cm³/mol. The molecule has 0 unspecified atom stereocenters. The third-order valence-corrected chi connectivity index (χ3v) is 9.52. The molecule has 0 aliphatic rings. The number of thiophene rings is 1. The molecule has 0 radical (unpaired) electrons. The van der Waals surface area contributed by atoms with Gasteiger partial charge in [-0.15, -0.1) is 11.3 Å². The maximum Gasteiger partial charge on any atom is 0.137 e. The topological polar surface area (TPSA) is 29.3 Å². The van der Waals surface area contributed by atoms with Gasteiger partial charge in [0.05, 0.1) is 16.6 Å². The van der Waals surface area contributed by atoms with Crippen LogP contribution in [0.5, 0.6) is 0 Å². The summed E-state index contributed by atoms with van der Waals surface area (Å²) in [5.41, 5.74) is 7.27. The molecule has 0 N–H and O–H groups in total. The van der Waals surface area contributed by atoms with Crippen LogP contribution in [0.2, 0.25) is 0 Å². The standard InChI is InChI=1S/C39H24N2OS/c1-2-8-25(9-3-1)26-14-17-28(18-15-26)41(29-19-21-32-31-12-6-7-13-35(31)42-36(32)22-29)34-23-40-24-37-38(34)33-20-16-27-10-4-5-11-30(27)39(33)43-37/h1-24H. The lowest BCUT2D eigenvalue weighted by Crippen LogP contribution is -2.10. The smallest absolute Gasteiger partial charge is 0.137 e. The van der Waals surface area contributed by atoms with Crippen molar-refractivity contribution >= 4 is 81.3 Å². The second-order valence-electron chi connectivity index (χ2n) is 10.8. The van der Waals surface area contributed by atoms with Crippen molar-refractivity contribution in [2.24, 2.45) is 0 Å². The molecule has 43 heavy (non-hydrogen) atoms. The summed E-state index contributed by atoms with van der Waals surface area (Å²) in [6, 6.07) is 47.2. The van der Waals surface area contributed by atoms with E-state index in [9.17, 15) is 0 Å². The Balaban J connectivity index is 1.30. The molecule has 0 bridgehead atoms. The highest BCUT2D eigenvalue weighted by atomic mass is 32.1. The van der Waals surface area contributed by atoms with Gasteiger partial charge >= 0.3 is 0 Å². The third kappa shape index (κ3) is 3.84. The van der Waals surface area contributed by atoms with Crippen LogP contribution >= 0.6 is 11.3 Å². The second-order valence-corrected chi connectivity index (χ2v) is 11.9. The third-order valence-electron chi connectivity index (χ3n) is 8.35. The number of nitrogens with zero attached hydrogens (tertiary/aromatic N) is 2. The van der Waals surface area contributed by atoms with Crippen molar-refractivity contribution in [3.05, 3.63) is 146 Å². The lowest BCUT2D eigenvalue weighted by atomic mass is 10.0. The van der Waals surface area contributed by atoms with Gasteiger partial charge in [0.15, 0.2) is 0 Å². The van der Waals surface area contributed by atoms with Crippen molar-refractivity contribution in [3.63, 3.8) is 0 Å². The molecule has 0 amide bonds. The van der Waals surface area contributed by atoms with E-state index in [0.29, 0.717) is 0 Å². The molecule has 0 saturated heterocycles. The Bertz CT molecular complexity index is 2460. The Kier molecular flexibility index (Phi) is 5.37. The van der Waals surface area contributed by atoms with Crippen LogP contribution in [0.4, 0.5) is 17.1 Å². The maximum absolute atomic E-state index is 6.34. The minimum atomic E-state index is 0.867. The van der Waals surface area contributed by atoms with Gasteiger partial charge in [0.1, 0.15) is 11.2 Å². The quantitative estimate of drug-likeness (QED) is 0.211. The molecule has 0 atom stereocenters. The van der Waals surface area contributed by atoms with Gasteiger partial charge in [-0.3, -0.25) is 4.98 Å². The van der Waals surface area contributed by atoms with Gasteiger partial charge in [-0.05, 0) is 52.2 Å². The molecule has 0 saturated carbocycles. The first-order chi connectivity index (χ1) is 21.3. The fourth-order valence-electron chi connectivity index (χ4n) is 6.32. The van der Waals surface area contributed by atoms with E-state index in [-0.39, 0.29) is 0 Å². The zero-order valence-corrected chi connectivity index (χ0v) is 23.9. The van der Waals surface area contributed by atoms with E-state index >= 15 is 0 Å². The number of aromatic nitrogens is 1. The van der Waals surface area contributed by atoms with Gasteiger partial charge in [0.25, 0.3) is 0 Å². The number of hydrogen-bond acceptors (Lipinski definition) is 4.